The highest BCUT2D eigenvalue weighted by Crippen LogP contribution is 2.34. The summed E-state index contributed by atoms with van der Waals surface area (Å²) in [6, 6.07) is 6.36. The highest BCUT2D eigenvalue weighted by Gasteiger charge is 2.20. The number of alkyl halides is 1. The smallest absolute Gasteiger partial charge is 0.123 e. The van der Waals surface area contributed by atoms with Crippen molar-refractivity contribution in [3.8, 4) is 5.75 Å². The lowest BCUT2D eigenvalue weighted by Crippen LogP contribution is -2.27. The molecule has 0 fully saturated rings. The number of likely N-dealkylation sites (N-methyl/N-ethyl adjacent to an activating group) is 1. The van der Waals surface area contributed by atoms with Gasteiger partial charge in [0.1, 0.15) is 5.75 Å². The highest BCUT2D eigenvalue weighted by atomic mass is 35.5. The molecule has 1 rings (SSSR count). The van der Waals surface area contributed by atoms with E-state index >= 15 is 0 Å². The molecule has 0 N–H and O–H groups in total. The number of methoxy groups -OCH3 is 1. The number of benzene rings is 1. The predicted octanol–water partition coefficient (Wildman–Crippen LogP) is 4.61. The van der Waals surface area contributed by atoms with E-state index in [0.29, 0.717) is 0 Å². The van der Waals surface area contributed by atoms with Gasteiger partial charge in [-0.1, -0.05) is 46.8 Å². The van der Waals surface area contributed by atoms with Crippen LogP contribution in [0.4, 0.5) is 0 Å². The second-order valence-corrected chi connectivity index (χ2v) is 6.69. The molecule has 0 heterocycles. The summed E-state index contributed by atoms with van der Waals surface area (Å²) in [4.78, 5) is 2.33. The second-order valence-electron chi connectivity index (χ2n) is 6.16. The van der Waals surface area contributed by atoms with Crippen molar-refractivity contribution in [2.45, 2.75) is 45.4 Å². The highest BCUT2D eigenvalue weighted by molar-refractivity contribution is 6.21. The predicted molar refractivity (Wildman–Crippen MR) is 88.1 cm³/mol. The maximum absolute atomic E-state index is 6.64. The Labute approximate surface area is 129 Å². The zero-order valence-corrected chi connectivity index (χ0v) is 14.4. The molecule has 114 valence electrons. The lowest BCUT2D eigenvalue weighted by Gasteiger charge is -2.25. The van der Waals surface area contributed by atoms with Crippen LogP contribution in [0.3, 0.4) is 0 Å². The molecule has 20 heavy (non-hydrogen) atoms. The van der Waals surface area contributed by atoms with E-state index in [0.717, 1.165) is 30.9 Å². The third-order valence-corrected chi connectivity index (χ3v) is 4.12. The summed E-state index contributed by atoms with van der Waals surface area (Å²) in [5.41, 5.74) is 2.50. The summed E-state index contributed by atoms with van der Waals surface area (Å²) >= 11 is 6.64. The van der Waals surface area contributed by atoms with Crippen LogP contribution in [0, 0.1) is 0 Å². The fourth-order valence-electron chi connectivity index (χ4n) is 2.25. The standard InChI is InChI=1S/C17H28ClNO/c1-7-19(8-2)12-15(18)14-11-13(17(3,4)5)9-10-16(14)20-6/h9-11,15H,7-8,12H2,1-6H3. The topological polar surface area (TPSA) is 12.5 Å². The Bertz CT molecular complexity index is 421. The van der Waals surface area contributed by atoms with E-state index in [2.05, 4.69) is 51.7 Å². The fraction of sp³-hybridized carbons (Fsp3) is 0.647. The van der Waals surface area contributed by atoms with Crippen LogP contribution in [0.25, 0.3) is 0 Å². The Balaban J connectivity index is 3.07. The minimum absolute atomic E-state index is 0.0489. The first-order valence-electron chi connectivity index (χ1n) is 7.38. The molecule has 0 aromatic heterocycles. The van der Waals surface area contributed by atoms with Gasteiger partial charge >= 0.3 is 0 Å². The Morgan fingerprint density at radius 1 is 1.20 bits per heavy atom. The molecule has 2 nitrogen and oxygen atoms in total. The number of hydrogen-bond donors (Lipinski definition) is 0. The van der Waals surface area contributed by atoms with Crippen molar-refractivity contribution in [3.63, 3.8) is 0 Å². The molecule has 0 saturated carbocycles. The molecular formula is C17H28ClNO. The number of hydrogen-bond acceptors (Lipinski definition) is 2. The van der Waals surface area contributed by atoms with Crippen molar-refractivity contribution in [2.24, 2.45) is 0 Å². The molecule has 0 saturated heterocycles. The van der Waals surface area contributed by atoms with Crippen LogP contribution in [-0.4, -0.2) is 31.6 Å². The van der Waals surface area contributed by atoms with Gasteiger partial charge in [0, 0.05) is 12.1 Å². The Kier molecular flexibility index (Phi) is 6.35. The van der Waals surface area contributed by atoms with Crippen molar-refractivity contribution >= 4 is 11.6 Å². The van der Waals surface area contributed by atoms with Gasteiger partial charge in [-0.3, -0.25) is 0 Å². The molecule has 1 unspecified atom stereocenters. The third kappa shape index (κ3) is 4.39. The van der Waals surface area contributed by atoms with Gasteiger partial charge in [-0.25, -0.2) is 0 Å². The average Bonchev–Trinajstić information content (AvgIpc) is 2.42. The second kappa shape index (κ2) is 7.33. The van der Waals surface area contributed by atoms with Crippen LogP contribution in [0.1, 0.15) is 51.1 Å². The first-order chi connectivity index (χ1) is 9.33. The van der Waals surface area contributed by atoms with Gasteiger partial charge in [-0.2, -0.15) is 0 Å². The summed E-state index contributed by atoms with van der Waals surface area (Å²) in [6.45, 7) is 13.8. The van der Waals surface area contributed by atoms with E-state index in [1.807, 2.05) is 6.07 Å². The summed E-state index contributed by atoms with van der Waals surface area (Å²) in [7, 11) is 1.70. The zero-order valence-electron chi connectivity index (χ0n) is 13.7. The minimum atomic E-state index is -0.0489. The molecule has 1 aromatic rings. The third-order valence-electron chi connectivity index (χ3n) is 3.75. The van der Waals surface area contributed by atoms with Gasteiger partial charge in [0.15, 0.2) is 0 Å². The van der Waals surface area contributed by atoms with Gasteiger partial charge in [0.05, 0.1) is 12.5 Å². The molecule has 0 bridgehead atoms. The molecular weight excluding hydrogens is 270 g/mol. The van der Waals surface area contributed by atoms with Gasteiger partial charge in [-0.05, 0) is 30.1 Å². The van der Waals surface area contributed by atoms with Gasteiger partial charge in [0.25, 0.3) is 0 Å². The number of nitrogens with zero attached hydrogens (tertiary/aromatic N) is 1. The maximum atomic E-state index is 6.64. The first-order valence-corrected chi connectivity index (χ1v) is 7.81. The monoisotopic (exact) mass is 297 g/mol. The van der Waals surface area contributed by atoms with Crippen molar-refractivity contribution in [2.75, 3.05) is 26.7 Å². The molecule has 0 aliphatic carbocycles. The van der Waals surface area contributed by atoms with Crippen LogP contribution < -0.4 is 4.74 Å². The molecule has 0 amide bonds. The Hall–Kier alpha value is -0.730. The SMILES string of the molecule is CCN(CC)CC(Cl)c1cc(C(C)(C)C)ccc1OC. The quantitative estimate of drug-likeness (QED) is 0.711. The van der Waals surface area contributed by atoms with Gasteiger partial charge in [-0.15, -0.1) is 11.6 Å². The lowest BCUT2D eigenvalue weighted by atomic mass is 9.85. The molecule has 1 atom stereocenters. The van der Waals surface area contributed by atoms with Crippen LogP contribution in [0.2, 0.25) is 0 Å². The van der Waals surface area contributed by atoms with E-state index in [1.165, 1.54) is 5.56 Å². The number of halogens is 1. The number of rotatable bonds is 6. The fourth-order valence-corrected chi connectivity index (χ4v) is 2.62. The van der Waals surface area contributed by atoms with E-state index in [-0.39, 0.29) is 10.8 Å². The van der Waals surface area contributed by atoms with E-state index in [1.54, 1.807) is 7.11 Å². The molecule has 3 heteroatoms. The lowest BCUT2D eigenvalue weighted by molar-refractivity contribution is 0.301. The first kappa shape index (κ1) is 17.3. The normalized spacial score (nSPS) is 13.6. The van der Waals surface area contributed by atoms with Gasteiger partial charge in [0.2, 0.25) is 0 Å². The van der Waals surface area contributed by atoms with Crippen LogP contribution in [0.5, 0.6) is 5.75 Å². The number of ether oxygens (including phenoxy) is 1. The molecule has 0 spiro atoms. The van der Waals surface area contributed by atoms with Crippen LogP contribution in [-0.2, 0) is 5.41 Å². The maximum Gasteiger partial charge on any atom is 0.123 e. The van der Waals surface area contributed by atoms with E-state index < -0.39 is 0 Å². The van der Waals surface area contributed by atoms with Crippen LogP contribution in [0.15, 0.2) is 18.2 Å². The minimum Gasteiger partial charge on any atom is -0.496 e. The molecule has 0 aliphatic rings. The average molecular weight is 298 g/mol. The summed E-state index contributed by atoms with van der Waals surface area (Å²) in [5, 5.41) is -0.0489. The molecule has 1 aromatic carbocycles. The Morgan fingerprint density at radius 3 is 2.25 bits per heavy atom. The van der Waals surface area contributed by atoms with Gasteiger partial charge < -0.3 is 9.64 Å². The van der Waals surface area contributed by atoms with E-state index in [4.69, 9.17) is 16.3 Å². The summed E-state index contributed by atoms with van der Waals surface area (Å²) < 4.78 is 5.48. The Morgan fingerprint density at radius 2 is 1.80 bits per heavy atom. The zero-order chi connectivity index (χ0) is 15.3. The van der Waals surface area contributed by atoms with Crippen molar-refractivity contribution in [1.29, 1.82) is 0 Å². The van der Waals surface area contributed by atoms with Crippen molar-refractivity contribution in [3.05, 3.63) is 29.3 Å². The van der Waals surface area contributed by atoms with Crippen molar-refractivity contribution in [1.82, 2.24) is 4.90 Å². The summed E-state index contributed by atoms with van der Waals surface area (Å²) in [5.74, 6) is 0.880. The molecule has 0 aliphatic heterocycles. The van der Waals surface area contributed by atoms with E-state index in [9.17, 15) is 0 Å². The van der Waals surface area contributed by atoms with Crippen LogP contribution >= 0.6 is 11.6 Å². The van der Waals surface area contributed by atoms with Crippen molar-refractivity contribution < 1.29 is 4.74 Å². The molecule has 0 radical (unpaired) electrons. The largest absolute Gasteiger partial charge is 0.496 e. The summed E-state index contributed by atoms with van der Waals surface area (Å²) in [6.07, 6.45) is 0.